The molecular weight excluding hydrogens is 234 g/mol. The molecule has 0 spiro atoms. The highest BCUT2D eigenvalue weighted by molar-refractivity contribution is 6.58. The summed E-state index contributed by atoms with van der Waals surface area (Å²) in [7, 11) is -1.67. The van der Waals surface area contributed by atoms with E-state index in [1.165, 1.54) is 6.07 Å². The highest BCUT2D eigenvalue weighted by Crippen LogP contribution is 2.08. The Morgan fingerprint density at radius 1 is 1.22 bits per heavy atom. The second-order valence-corrected chi connectivity index (χ2v) is 4.35. The Kier molecular flexibility index (Phi) is 3.49. The van der Waals surface area contributed by atoms with Crippen molar-refractivity contribution < 1.29 is 14.4 Å². The van der Waals surface area contributed by atoms with Crippen molar-refractivity contribution in [1.29, 1.82) is 0 Å². The molecule has 18 heavy (non-hydrogen) atoms. The second-order valence-electron chi connectivity index (χ2n) is 4.35. The van der Waals surface area contributed by atoms with Crippen LogP contribution in [0.25, 0.3) is 0 Å². The molecule has 0 aliphatic rings. The van der Waals surface area contributed by atoms with Gasteiger partial charge in [0.2, 0.25) is 0 Å². The van der Waals surface area contributed by atoms with E-state index >= 15 is 0 Å². The average Bonchev–Trinajstić information content (AvgIpc) is 2.56. The molecule has 0 amide bonds. The summed E-state index contributed by atoms with van der Waals surface area (Å²) in [5.74, 6) is -0.489. The molecule has 0 atom stereocenters. The second kappa shape index (κ2) is 4.92. The Morgan fingerprint density at radius 2 is 1.94 bits per heavy atom. The van der Waals surface area contributed by atoms with Crippen LogP contribution in [0.1, 0.15) is 17.0 Å². The van der Waals surface area contributed by atoms with Crippen LogP contribution in [0.4, 0.5) is 4.39 Å². The highest BCUT2D eigenvalue weighted by atomic mass is 19.1. The Balaban J connectivity index is 2.31. The van der Waals surface area contributed by atoms with E-state index in [0.29, 0.717) is 12.1 Å². The third-order valence-electron chi connectivity index (χ3n) is 2.71. The van der Waals surface area contributed by atoms with E-state index in [9.17, 15) is 4.39 Å². The summed E-state index contributed by atoms with van der Waals surface area (Å²) in [6.07, 6.45) is 0. The van der Waals surface area contributed by atoms with E-state index in [1.54, 1.807) is 10.7 Å². The smallest absolute Gasteiger partial charge is 0.423 e. The van der Waals surface area contributed by atoms with Crippen molar-refractivity contribution in [2.45, 2.75) is 20.4 Å². The van der Waals surface area contributed by atoms with Gasteiger partial charge in [-0.15, -0.1) is 0 Å². The number of nitrogens with zero attached hydrogens (tertiary/aromatic N) is 2. The molecule has 94 valence electrons. The highest BCUT2D eigenvalue weighted by Gasteiger charge is 2.13. The lowest BCUT2D eigenvalue weighted by atomic mass is 9.79. The van der Waals surface area contributed by atoms with E-state index in [2.05, 4.69) is 5.10 Å². The molecule has 2 rings (SSSR count). The van der Waals surface area contributed by atoms with Crippen LogP contribution >= 0.6 is 0 Å². The molecule has 4 nitrogen and oxygen atoms in total. The van der Waals surface area contributed by atoms with Crippen molar-refractivity contribution in [3.8, 4) is 0 Å². The molecule has 1 aromatic carbocycles. The van der Waals surface area contributed by atoms with Gasteiger partial charge >= 0.3 is 7.12 Å². The molecule has 0 bridgehead atoms. The van der Waals surface area contributed by atoms with E-state index in [1.807, 2.05) is 19.9 Å². The van der Waals surface area contributed by atoms with Gasteiger partial charge in [0.05, 0.1) is 12.2 Å². The lowest BCUT2D eigenvalue weighted by molar-refractivity contribution is 0.425. The van der Waals surface area contributed by atoms with Crippen LogP contribution in [0.2, 0.25) is 0 Å². The number of rotatable bonds is 3. The molecule has 0 radical (unpaired) electrons. The molecule has 0 fully saturated rings. The van der Waals surface area contributed by atoms with Gasteiger partial charge in [-0.1, -0.05) is 6.07 Å². The van der Waals surface area contributed by atoms with Gasteiger partial charge in [0.15, 0.2) is 0 Å². The maximum absolute atomic E-state index is 13.3. The fourth-order valence-electron chi connectivity index (χ4n) is 1.92. The molecule has 0 aliphatic carbocycles. The van der Waals surface area contributed by atoms with Crippen LogP contribution in [0.3, 0.4) is 0 Å². The van der Waals surface area contributed by atoms with Crippen LogP contribution in [0.15, 0.2) is 24.3 Å². The van der Waals surface area contributed by atoms with Gasteiger partial charge in [0.1, 0.15) is 5.82 Å². The van der Waals surface area contributed by atoms with Crippen LogP contribution in [0.5, 0.6) is 0 Å². The van der Waals surface area contributed by atoms with Gasteiger partial charge in [-0.3, -0.25) is 4.68 Å². The fourth-order valence-corrected chi connectivity index (χ4v) is 1.92. The molecule has 0 unspecified atom stereocenters. The lowest BCUT2D eigenvalue weighted by Gasteiger charge is -2.07. The quantitative estimate of drug-likeness (QED) is 0.771. The first-order valence-electron chi connectivity index (χ1n) is 5.62. The van der Waals surface area contributed by atoms with E-state index in [0.717, 1.165) is 17.5 Å². The van der Waals surface area contributed by atoms with E-state index < -0.39 is 12.9 Å². The van der Waals surface area contributed by atoms with Gasteiger partial charge in [-0.2, -0.15) is 5.10 Å². The summed E-state index contributed by atoms with van der Waals surface area (Å²) in [5, 5.41) is 22.4. The van der Waals surface area contributed by atoms with E-state index in [4.69, 9.17) is 10.0 Å². The normalized spacial score (nSPS) is 10.7. The number of aromatic nitrogens is 2. The fraction of sp³-hybridized carbons (Fsp3) is 0.250. The topological polar surface area (TPSA) is 58.3 Å². The summed E-state index contributed by atoms with van der Waals surface area (Å²) in [6.45, 7) is 4.20. The number of hydrogen-bond acceptors (Lipinski definition) is 3. The first-order valence-corrected chi connectivity index (χ1v) is 5.62. The Labute approximate surface area is 105 Å². The molecule has 2 N–H and O–H groups in total. The number of hydrogen-bond donors (Lipinski definition) is 2. The van der Waals surface area contributed by atoms with Crippen LogP contribution in [-0.4, -0.2) is 26.9 Å². The summed E-state index contributed by atoms with van der Waals surface area (Å²) in [5.41, 5.74) is 2.66. The summed E-state index contributed by atoms with van der Waals surface area (Å²) >= 11 is 0. The summed E-state index contributed by atoms with van der Waals surface area (Å²) < 4.78 is 15.1. The SMILES string of the molecule is Cc1cc(C)n(Cc2cc(F)cc(B(O)O)c2)n1. The molecule has 0 aliphatic heterocycles. The Morgan fingerprint density at radius 3 is 2.50 bits per heavy atom. The van der Waals surface area contributed by atoms with Crippen molar-refractivity contribution in [1.82, 2.24) is 9.78 Å². The Bertz CT molecular complexity index is 569. The molecular formula is C12H14BFN2O2. The zero-order valence-corrected chi connectivity index (χ0v) is 10.3. The Hall–Kier alpha value is -1.66. The maximum atomic E-state index is 13.3. The molecule has 0 saturated heterocycles. The van der Waals surface area contributed by atoms with Crippen molar-refractivity contribution in [3.63, 3.8) is 0 Å². The first-order chi connectivity index (χ1) is 8.45. The van der Waals surface area contributed by atoms with E-state index in [-0.39, 0.29) is 5.46 Å². The molecule has 2 aromatic rings. The summed E-state index contributed by atoms with van der Waals surface area (Å²) in [4.78, 5) is 0. The maximum Gasteiger partial charge on any atom is 0.488 e. The number of aryl methyl sites for hydroxylation is 2. The van der Waals surface area contributed by atoms with Gasteiger partial charge < -0.3 is 10.0 Å². The van der Waals surface area contributed by atoms with Gasteiger partial charge in [0.25, 0.3) is 0 Å². The largest absolute Gasteiger partial charge is 0.488 e. The minimum absolute atomic E-state index is 0.145. The molecule has 6 heteroatoms. The third kappa shape index (κ3) is 2.77. The third-order valence-corrected chi connectivity index (χ3v) is 2.71. The van der Waals surface area contributed by atoms with Gasteiger partial charge in [0, 0.05) is 5.69 Å². The zero-order chi connectivity index (χ0) is 13.3. The van der Waals surface area contributed by atoms with Crippen LogP contribution in [0, 0.1) is 19.7 Å². The van der Waals surface area contributed by atoms with Crippen molar-refractivity contribution >= 4 is 12.6 Å². The van der Waals surface area contributed by atoms with Crippen molar-refractivity contribution in [2.24, 2.45) is 0 Å². The monoisotopic (exact) mass is 248 g/mol. The number of benzene rings is 1. The minimum atomic E-state index is -1.67. The van der Waals surface area contributed by atoms with Crippen molar-refractivity contribution in [3.05, 3.63) is 47.0 Å². The lowest BCUT2D eigenvalue weighted by Crippen LogP contribution is -2.30. The molecule has 1 heterocycles. The predicted octanol–water partition coefficient (Wildman–Crippen LogP) is 0.367. The number of halogens is 1. The zero-order valence-electron chi connectivity index (χ0n) is 10.3. The standard InChI is InChI=1S/C12H14BFN2O2/c1-8-3-9(2)16(15-8)7-10-4-11(13(17)18)6-12(14)5-10/h3-6,17-18H,7H2,1-2H3. The predicted molar refractivity (Wildman–Crippen MR) is 67.0 cm³/mol. The molecule has 0 saturated carbocycles. The van der Waals surface area contributed by atoms with Gasteiger partial charge in [-0.05, 0) is 43.1 Å². The van der Waals surface area contributed by atoms with Crippen molar-refractivity contribution in [2.75, 3.05) is 0 Å². The summed E-state index contributed by atoms with van der Waals surface area (Å²) in [6, 6.07) is 5.96. The van der Waals surface area contributed by atoms with Gasteiger partial charge in [-0.25, -0.2) is 4.39 Å². The first kappa shape index (κ1) is 12.8. The molecule has 1 aromatic heterocycles. The minimum Gasteiger partial charge on any atom is -0.423 e. The van der Waals surface area contributed by atoms with Crippen LogP contribution < -0.4 is 5.46 Å². The average molecular weight is 248 g/mol. The van der Waals surface area contributed by atoms with Crippen LogP contribution in [-0.2, 0) is 6.54 Å².